The summed E-state index contributed by atoms with van der Waals surface area (Å²) >= 11 is 0. The molecule has 194 valence electrons. The molecular formula is C30H41N3O3. The van der Waals surface area contributed by atoms with Crippen molar-refractivity contribution in [2.24, 2.45) is 0 Å². The van der Waals surface area contributed by atoms with Crippen LogP contribution in [0.3, 0.4) is 0 Å². The molecule has 2 saturated carbocycles. The van der Waals surface area contributed by atoms with Gasteiger partial charge in [0.25, 0.3) is 0 Å². The molecule has 3 fully saturated rings. The second-order valence-electron chi connectivity index (χ2n) is 11.5. The van der Waals surface area contributed by atoms with Crippen LogP contribution in [0.4, 0.5) is 4.79 Å². The standard InChI is InChI=1S/C30H41N3O3/c1-31(2)30(25-9-5-4-6-10-25)19-17-28(18-20-30)22-32(21-24-11-13-26(36-3)14-12-24)27(34)33(28)23-29(35)15-7-8-16-29/h4-6,9-14,35H,7-8,15-23H2,1-3H3. The zero-order valence-corrected chi connectivity index (χ0v) is 22.1. The number of ether oxygens (including phenoxy) is 1. The molecule has 2 aromatic rings. The molecule has 1 aliphatic heterocycles. The van der Waals surface area contributed by atoms with Crippen molar-refractivity contribution < 1.29 is 14.6 Å². The van der Waals surface area contributed by atoms with E-state index in [0.29, 0.717) is 19.6 Å². The lowest BCUT2D eigenvalue weighted by Gasteiger charge is -2.51. The lowest BCUT2D eigenvalue weighted by atomic mass is 9.68. The maximum atomic E-state index is 13.9. The molecule has 2 aromatic carbocycles. The molecule has 3 aliphatic rings. The number of methoxy groups -OCH3 is 1. The summed E-state index contributed by atoms with van der Waals surface area (Å²) in [5.41, 5.74) is 1.42. The quantitative estimate of drug-likeness (QED) is 0.592. The SMILES string of the molecule is COc1ccc(CN2CC3(CCC(c4ccccc4)(N(C)C)CC3)N(CC3(O)CCCC3)C2=O)cc1. The van der Waals surface area contributed by atoms with Gasteiger partial charge in [0.2, 0.25) is 0 Å². The first-order valence-corrected chi connectivity index (χ1v) is 13.4. The molecule has 6 heteroatoms. The van der Waals surface area contributed by atoms with Gasteiger partial charge in [-0.25, -0.2) is 4.79 Å². The second-order valence-corrected chi connectivity index (χ2v) is 11.5. The zero-order chi connectivity index (χ0) is 25.4. The summed E-state index contributed by atoms with van der Waals surface area (Å²) in [5.74, 6) is 0.821. The van der Waals surface area contributed by atoms with Gasteiger partial charge in [0.05, 0.1) is 24.8 Å². The van der Waals surface area contributed by atoms with Crippen molar-refractivity contribution in [3.05, 3.63) is 65.7 Å². The van der Waals surface area contributed by atoms with Gasteiger partial charge in [-0.1, -0.05) is 55.3 Å². The lowest BCUT2D eigenvalue weighted by Crippen LogP contribution is -2.58. The van der Waals surface area contributed by atoms with Crippen molar-refractivity contribution in [1.82, 2.24) is 14.7 Å². The molecule has 5 rings (SSSR count). The van der Waals surface area contributed by atoms with Crippen LogP contribution in [0.25, 0.3) is 0 Å². The third-order valence-electron chi connectivity index (χ3n) is 9.25. The average molecular weight is 492 g/mol. The Labute approximate surface area is 215 Å². The monoisotopic (exact) mass is 491 g/mol. The highest BCUT2D eigenvalue weighted by atomic mass is 16.5. The first-order valence-electron chi connectivity index (χ1n) is 13.4. The average Bonchev–Trinajstić information content (AvgIpc) is 3.43. The van der Waals surface area contributed by atoms with Crippen molar-refractivity contribution in [1.29, 1.82) is 0 Å². The van der Waals surface area contributed by atoms with Crippen LogP contribution in [0, 0.1) is 0 Å². The number of nitrogens with zero attached hydrogens (tertiary/aromatic N) is 3. The van der Waals surface area contributed by atoms with Crippen LogP contribution >= 0.6 is 0 Å². The lowest BCUT2D eigenvalue weighted by molar-refractivity contribution is -0.0259. The Hall–Kier alpha value is -2.57. The Morgan fingerprint density at radius 3 is 2.14 bits per heavy atom. The van der Waals surface area contributed by atoms with E-state index in [-0.39, 0.29) is 17.1 Å². The molecule has 1 spiro atoms. The molecule has 36 heavy (non-hydrogen) atoms. The van der Waals surface area contributed by atoms with Crippen molar-refractivity contribution >= 4 is 6.03 Å². The van der Waals surface area contributed by atoms with Crippen molar-refractivity contribution in [2.45, 2.75) is 74.6 Å². The first-order chi connectivity index (χ1) is 17.3. The Morgan fingerprint density at radius 1 is 0.917 bits per heavy atom. The van der Waals surface area contributed by atoms with E-state index in [0.717, 1.165) is 62.7 Å². The Bertz CT molecular complexity index is 1040. The number of hydrogen-bond acceptors (Lipinski definition) is 4. The number of carbonyl (C=O) groups is 1. The van der Waals surface area contributed by atoms with Gasteiger partial charge in [-0.2, -0.15) is 0 Å². The molecule has 0 atom stereocenters. The van der Waals surface area contributed by atoms with Gasteiger partial charge in [0.15, 0.2) is 0 Å². The van der Waals surface area contributed by atoms with Crippen LogP contribution in [-0.2, 0) is 12.1 Å². The van der Waals surface area contributed by atoms with Crippen molar-refractivity contribution in [3.8, 4) is 5.75 Å². The Balaban J connectivity index is 1.42. The number of aliphatic hydroxyl groups is 1. The fraction of sp³-hybridized carbons (Fsp3) is 0.567. The van der Waals surface area contributed by atoms with E-state index >= 15 is 0 Å². The van der Waals surface area contributed by atoms with E-state index in [1.165, 1.54) is 5.56 Å². The fourth-order valence-corrected chi connectivity index (χ4v) is 6.98. The van der Waals surface area contributed by atoms with Gasteiger partial charge in [-0.05, 0) is 75.9 Å². The van der Waals surface area contributed by atoms with E-state index in [9.17, 15) is 9.90 Å². The van der Waals surface area contributed by atoms with Crippen LogP contribution < -0.4 is 4.74 Å². The largest absolute Gasteiger partial charge is 0.497 e. The molecule has 0 aromatic heterocycles. The summed E-state index contributed by atoms with van der Waals surface area (Å²) in [5, 5.41) is 11.4. The zero-order valence-electron chi connectivity index (χ0n) is 22.1. The van der Waals surface area contributed by atoms with E-state index in [1.807, 2.05) is 29.2 Å². The van der Waals surface area contributed by atoms with Crippen molar-refractivity contribution in [3.63, 3.8) is 0 Å². The highest BCUT2D eigenvalue weighted by Gasteiger charge is 2.56. The highest BCUT2D eigenvalue weighted by molar-refractivity contribution is 5.78. The van der Waals surface area contributed by atoms with Crippen LogP contribution in [0.15, 0.2) is 54.6 Å². The number of benzene rings is 2. The molecule has 0 unspecified atom stereocenters. The summed E-state index contributed by atoms with van der Waals surface area (Å²) in [6.07, 6.45) is 7.50. The summed E-state index contributed by atoms with van der Waals surface area (Å²) in [4.78, 5) is 20.4. The molecule has 1 N–H and O–H groups in total. The molecule has 6 nitrogen and oxygen atoms in total. The van der Waals surface area contributed by atoms with Gasteiger partial charge in [-0.15, -0.1) is 0 Å². The van der Waals surface area contributed by atoms with Crippen LogP contribution in [-0.4, -0.2) is 71.3 Å². The normalized spacial score (nSPS) is 27.9. The Kier molecular flexibility index (Phi) is 6.77. The van der Waals surface area contributed by atoms with Gasteiger partial charge in [-0.3, -0.25) is 4.90 Å². The minimum atomic E-state index is -0.756. The van der Waals surface area contributed by atoms with Crippen LogP contribution in [0.2, 0.25) is 0 Å². The second kappa shape index (κ2) is 9.71. The number of rotatable bonds is 7. The van der Waals surface area contributed by atoms with E-state index in [1.54, 1.807) is 7.11 Å². The Morgan fingerprint density at radius 2 is 1.56 bits per heavy atom. The number of carbonyl (C=O) groups excluding carboxylic acids is 1. The summed E-state index contributed by atoms with van der Waals surface area (Å²) in [6, 6.07) is 18.9. The number of amides is 2. The third kappa shape index (κ3) is 4.50. The molecule has 1 heterocycles. The van der Waals surface area contributed by atoms with E-state index in [4.69, 9.17) is 4.74 Å². The van der Waals surface area contributed by atoms with Gasteiger partial charge >= 0.3 is 6.03 Å². The molecule has 1 saturated heterocycles. The van der Waals surface area contributed by atoms with Gasteiger partial charge in [0, 0.05) is 18.6 Å². The predicted octanol–water partition coefficient (Wildman–Crippen LogP) is 5.01. The number of β-amino-alcohol motifs (C(OH)–C–C–N with tert-alkyl or cyclic N) is 1. The highest BCUT2D eigenvalue weighted by Crippen LogP contribution is 2.50. The van der Waals surface area contributed by atoms with E-state index in [2.05, 4.69) is 54.2 Å². The summed E-state index contributed by atoms with van der Waals surface area (Å²) in [6.45, 7) is 1.74. The van der Waals surface area contributed by atoms with Crippen molar-refractivity contribution in [2.75, 3.05) is 34.3 Å². The predicted molar refractivity (Wildman–Crippen MR) is 142 cm³/mol. The van der Waals surface area contributed by atoms with Gasteiger partial charge in [0.1, 0.15) is 5.75 Å². The maximum Gasteiger partial charge on any atom is 0.321 e. The van der Waals surface area contributed by atoms with Crippen LogP contribution in [0.1, 0.15) is 62.5 Å². The topological polar surface area (TPSA) is 56.3 Å². The first kappa shape index (κ1) is 25.1. The number of hydrogen-bond donors (Lipinski definition) is 1. The summed E-state index contributed by atoms with van der Waals surface area (Å²) < 4.78 is 5.31. The minimum Gasteiger partial charge on any atom is -0.497 e. The van der Waals surface area contributed by atoms with Gasteiger partial charge < -0.3 is 19.6 Å². The molecule has 2 amide bonds. The minimum absolute atomic E-state index is 0.0328. The maximum absolute atomic E-state index is 13.9. The van der Waals surface area contributed by atoms with Crippen LogP contribution in [0.5, 0.6) is 5.75 Å². The fourth-order valence-electron chi connectivity index (χ4n) is 6.98. The summed E-state index contributed by atoms with van der Waals surface area (Å²) in [7, 11) is 6.03. The smallest absolute Gasteiger partial charge is 0.321 e. The molecule has 2 aliphatic carbocycles. The molecule has 0 bridgehead atoms. The van der Waals surface area contributed by atoms with E-state index < -0.39 is 5.60 Å². The molecule has 0 radical (unpaired) electrons. The number of urea groups is 1. The third-order valence-corrected chi connectivity index (χ3v) is 9.25. The molecular weight excluding hydrogens is 450 g/mol.